The van der Waals surface area contributed by atoms with Gasteiger partial charge in [-0.3, -0.25) is 15.0 Å². The Bertz CT molecular complexity index is 445. The van der Waals surface area contributed by atoms with E-state index in [0.717, 1.165) is 11.3 Å². The van der Waals surface area contributed by atoms with E-state index >= 15 is 0 Å². The molecule has 0 radical (unpaired) electrons. The first-order chi connectivity index (χ1) is 9.55. The fraction of sp³-hybridized carbons (Fsp3) is 0.429. The van der Waals surface area contributed by atoms with E-state index in [1.165, 1.54) is 7.05 Å². The molecule has 0 unspecified atom stereocenters. The lowest BCUT2D eigenvalue weighted by Crippen LogP contribution is -2.42. The third-order valence-electron chi connectivity index (χ3n) is 2.58. The molecule has 0 atom stereocenters. The summed E-state index contributed by atoms with van der Waals surface area (Å²) >= 11 is 0. The molecule has 0 saturated heterocycles. The minimum Gasteiger partial charge on any atom is -0.494 e. The number of hydrogen-bond acceptors (Lipinski definition) is 4. The molecule has 2 N–H and O–H groups in total. The van der Waals surface area contributed by atoms with Crippen LogP contribution in [0.2, 0.25) is 0 Å². The van der Waals surface area contributed by atoms with Gasteiger partial charge in [-0.2, -0.15) is 0 Å². The summed E-state index contributed by atoms with van der Waals surface area (Å²) in [5, 5.41) is 4.56. The Hall–Kier alpha value is -2.08. The van der Waals surface area contributed by atoms with Crippen LogP contribution in [0.4, 0.5) is 4.79 Å². The molecule has 3 amide bonds. The Morgan fingerprint density at radius 3 is 2.45 bits per heavy atom. The standard InChI is InChI=1S/C14H21N3O3/c1-4-20-12-7-5-11(6-8-12)9-17(3)10-13(18)16-14(19)15-2/h5-8H,4,9-10H2,1-3H3,(H2,15,16,18,19). The molecule has 6 heteroatoms. The highest BCUT2D eigenvalue weighted by atomic mass is 16.5. The van der Waals surface area contributed by atoms with Crippen LogP contribution in [0.15, 0.2) is 24.3 Å². The summed E-state index contributed by atoms with van der Waals surface area (Å²) in [6.45, 7) is 3.35. The predicted octanol–water partition coefficient (Wildman–Crippen LogP) is 0.973. The molecule has 6 nitrogen and oxygen atoms in total. The van der Waals surface area contributed by atoms with Crippen LogP contribution in [0.1, 0.15) is 12.5 Å². The smallest absolute Gasteiger partial charge is 0.321 e. The van der Waals surface area contributed by atoms with Gasteiger partial charge in [0.1, 0.15) is 5.75 Å². The van der Waals surface area contributed by atoms with Gasteiger partial charge in [-0.25, -0.2) is 4.79 Å². The lowest BCUT2D eigenvalue weighted by molar-refractivity contribution is -0.120. The van der Waals surface area contributed by atoms with Crippen molar-refractivity contribution in [2.45, 2.75) is 13.5 Å². The summed E-state index contributed by atoms with van der Waals surface area (Å²) in [5.41, 5.74) is 1.07. The number of imide groups is 1. The van der Waals surface area contributed by atoms with Gasteiger partial charge in [0.25, 0.3) is 0 Å². The molecular formula is C14H21N3O3. The lowest BCUT2D eigenvalue weighted by Gasteiger charge is -2.16. The highest BCUT2D eigenvalue weighted by Gasteiger charge is 2.09. The van der Waals surface area contributed by atoms with Gasteiger partial charge in [0, 0.05) is 13.6 Å². The highest BCUT2D eigenvalue weighted by Crippen LogP contribution is 2.13. The molecule has 1 aromatic rings. The van der Waals surface area contributed by atoms with Gasteiger partial charge in [-0.1, -0.05) is 12.1 Å². The monoisotopic (exact) mass is 279 g/mol. The average Bonchev–Trinajstić information content (AvgIpc) is 2.40. The second-order valence-corrected chi connectivity index (χ2v) is 4.38. The van der Waals surface area contributed by atoms with Gasteiger partial charge < -0.3 is 10.1 Å². The van der Waals surface area contributed by atoms with Gasteiger partial charge >= 0.3 is 6.03 Å². The van der Waals surface area contributed by atoms with Gasteiger partial charge in [0.15, 0.2) is 0 Å². The van der Waals surface area contributed by atoms with Crippen LogP contribution in [-0.2, 0) is 11.3 Å². The first-order valence-electron chi connectivity index (χ1n) is 6.47. The van der Waals surface area contributed by atoms with Crippen LogP contribution in [0.25, 0.3) is 0 Å². The number of nitrogens with zero attached hydrogens (tertiary/aromatic N) is 1. The molecule has 0 aliphatic heterocycles. The Balaban J connectivity index is 2.43. The van der Waals surface area contributed by atoms with E-state index in [0.29, 0.717) is 13.2 Å². The molecule has 1 rings (SSSR count). The molecule has 0 aliphatic carbocycles. The predicted molar refractivity (Wildman–Crippen MR) is 76.5 cm³/mol. The van der Waals surface area contributed by atoms with Crippen LogP contribution in [0, 0.1) is 0 Å². The maximum absolute atomic E-state index is 11.5. The molecule has 0 spiro atoms. The second-order valence-electron chi connectivity index (χ2n) is 4.38. The number of rotatable bonds is 6. The van der Waals surface area contributed by atoms with Crippen molar-refractivity contribution in [3.05, 3.63) is 29.8 Å². The quantitative estimate of drug-likeness (QED) is 0.814. The average molecular weight is 279 g/mol. The zero-order chi connectivity index (χ0) is 15.0. The Kier molecular flexibility index (Phi) is 6.52. The number of hydrogen-bond donors (Lipinski definition) is 2. The number of nitrogens with one attached hydrogen (secondary N) is 2. The molecule has 0 aromatic heterocycles. The zero-order valence-corrected chi connectivity index (χ0v) is 12.1. The third-order valence-corrected chi connectivity index (χ3v) is 2.58. The minimum absolute atomic E-state index is 0.153. The summed E-state index contributed by atoms with van der Waals surface area (Å²) in [4.78, 5) is 24.3. The molecular weight excluding hydrogens is 258 g/mol. The lowest BCUT2D eigenvalue weighted by atomic mass is 10.2. The normalized spacial score (nSPS) is 10.2. The van der Waals surface area contributed by atoms with Crippen LogP contribution in [-0.4, -0.2) is 44.1 Å². The molecule has 0 aliphatic rings. The van der Waals surface area contributed by atoms with Crippen molar-refractivity contribution in [3.8, 4) is 5.75 Å². The summed E-state index contributed by atoms with van der Waals surface area (Å²) in [7, 11) is 3.28. The second kappa shape index (κ2) is 8.16. The maximum atomic E-state index is 11.5. The fourth-order valence-corrected chi connectivity index (χ4v) is 1.70. The summed E-state index contributed by atoms with van der Waals surface area (Å²) < 4.78 is 5.36. The zero-order valence-electron chi connectivity index (χ0n) is 12.1. The SMILES string of the molecule is CCOc1ccc(CN(C)CC(=O)NC(=O)NC)cc1. The number of urea groups is 1. The van der Waals surface area contributed by atoms with Crippen molar-refractivity contribution >= 4 is 11.9 Å². The number of carbonyl (C=O) groups is 2. The minimum atomic E-state index is -0.496. The van der Waals surface area contributed by atoms with E-state index in [-0.39, 0.29) is 12.5 Å². The molecule has 0 bridgehead atoms. The molecule has 0 fully saturated rings. The number of likely N-dealkylation sites (N-methyl/N-ethyl adjacent to an activating group) is 1. The van der Waals surface area contributed by atoms with Gasteiger partial charge in [0.05, 0.1) is 13.2 Å². The molecule has 0 heterocycles. The summed E-state index contributed by atoms with van der Waals surface area (Å²) in [6, 6.07) is 7.22. The van der Waals surface area contributed by atoms with E-state index < -0.39 is 6.03 Å². The largest absolute Gasteiger partial charge is 0.494 e. The van der Waals surface area contributed by atoms with Crippen LogP contribution in [0.5, 0.6) is 5.75 Å². The van der Waals surface area contributed by atoms with E-state index in [9.17, 15) is 9.59 Å². The van der Waals surface area contributed by atoms with Crippen molar-refractivity contribution in [1.29, 1.82) is 0 Å². The van der Waals surface area contributed by atoms with Crippen molar-refractivity contribution < 1.29 is 14.3 Å². The Morgan fingerprint density at radius 1 is 1.25 bits per heavy atom. The number of carbonyl (C=O) groups excluding carboxylic acids is 2. The van der Waals surface area contributed by atoms with Crippen LogP contribution >= 0.6 is 0 Å². The Labute approximate surface area is 119 Å². The van der Waals surface area contributed by atoms with Crippen LogP contribution < -0.4 is 15.4 Å². The molecule has 110 valence electrons. The maximum Gasteiger partial charge on any atom is 0.321 e. The van der Waals surface area contributed by atoms with E-state index in [4.69, 9.17) is 4.74 Å². The van der Waals surface area contributed by atoms with Gasteiger partial charge in [-0.15, -0.1) is 0 Å². The summed E-state index contributed by atoms with van der Waals surface area (Å²) in [6.07, 6.45) is 0. The van der Waals surface area contributed by atoms with Crippen LogP contribution in [0.3, 0.4) is 0 Å². The number of amides is 3. The molecule has 1 aromatic carbocycles. The molecule has 0 saturated carbocycles. The van der Waals surface area contributed by atoms with Crippen molar-refractivity contribution in [1.82, 2.24) is 15.5 Å². The van der Waals surface area contributed by atoms with Crippen molar-refractivity contribution in [2.75, 3.05) is 27.2 Å². The molecule has 20 heavy (non-hydrogen) atoms. The van der Waals surface area contributed by atoms with E-state index in [1.54, 1.807) is 0 Å². The third kappa shape index (κ3) is 5.71. The van der Waals surface area contributed by atoms with Crippen molar-refractivity contribution in [2.24, 2.45) is 0 Å². The first kappa shape index (κ1) is 16.0. The number of ether oxygens (including phenoxy) is 1. The Morgan fingerprint density at radius 2 is 1.90 bits per heavy atom. The topological polar surface area (TPSA) is 70.7 Å². The first-order valence-corrected chi connectivity index (χ1v) is 6.47. The summed E-state index contributed by atoms with van der Waals surface area (Å²) in [5.74, 6) is 0.494. The fourth-order valence-electron chi connectivity index (χ4n) is 1.70. The van der Waals surface area contributed by atoms with Crippen molar-refractivity contribution in [3.63, 3.8) is 0 Å². The van der Waals surface area contributed by atoms with Gasteiger partial charge in [0.2, 0.25) is 5.91 Å². The van der Waals surface area contributed by atoms with E-state index in [2.05, 4.69) is 10.6 Å². The van der Waals surface area contributed by atoms with E-state index in [1.807, 2.05) is 43.1 Å². The number of benzene rings is 1. The highest BCUT2D eigenvalue weighted by molar-refractivity contribution is 5.95. The van der Waals surface area contributed by atoms with Gasteiger partial charge in [-0.05, 0) is 31.7 Å².